The average molecular weight is 357 g/mol. The highest BCUT2D eigenvalue weighted by Crippen LogP contribution is 2.27. The van der Waals surface area contributed by atoms with Gasteiger partial charge in [0.2, 0.25) is 0 Å². The molecule has 0 aliphatic carbocycles. The summed E-state index contributed by atoms with van der Waals surface area (Å²) in [5.41, 5.74) is 2.60. The van der Waals surface area contributed by atoms with Crippen molar-refractivity contribution >= 4 is 5.69 Å². The Morgan fingerprint density at radius 2 is 2.12 bits per heavy atom. The minimum atomic E-state index is -0.298. The van der Waals surface area contributed by atoms with E-state index in [4.69, 9.17) is 4.74 Å². The number of anilines is 1. The molecule has 0 fully saturated rings. The lowest BCUT2D eigenvalue weighted by molar-refractivity contribution is 0.181. The molecule has 1 unspecified atom stereocenters. The van der Waals surface area contributed by atoms with E-state index in [1.165, 1.54) is 0 Å². The first-order valence-corrected chi connectivity index (χ1v) is 8.47. The van der Waals surface area contributed by atoms with Crippen molar-refractivity contribution in [2.75, 3.05) is 19.0 Å². The third kappa shape index (κ3) is 3.67. The molecule has 0 saturated heterocycles. The summed E-state index contributed by atoms with van der Waals surface area (Å²) in [6.07, 6.45) is 1.76. The van der Waals surface area contributed by atoms with Gasteiger partial charge in [-0.3, -0.25) is 4.68 Å². The van der Waals surface area contributed by atoms with Gasteiger partial charge in [-0.2, -0.15) is 5.10 Å². The SMILES string of the molecule is CCn1nccc1C(Nc1ccc(O)c(C)c1)c1nnnn1CCOC. The van der Waals surface area contributed by atoms with Crippen molar-refractivity contribution in [1.82, 2.24) is 30.0 Å². The first kappa shape index (κ1) is 17.9. The smallest absolute Gasteiger partial charge is 0.179 e. The van der Waals surface area contributed by atoms with Gasteiger partial charge < -0.3 is 15.2 Å². The summed E-state index contributed by atoms with van der Waals surface area (Å²) in [6, 6.07) is 7.03. The van der Waals surface area contributed by atoms with Crippen molar-refractivity contribution in [1.29, 1.82) is 0 Å². The van der Waals surface area contributed by atoms with Gasteiger partial charge >= 0.3 is 0 Å². The van der Waals surface area contributed by atoms with E-state index in [1.54, 1.807) is 24.1 Å². The van der Waals surface area contributed by atoms with Gasteiger partial charge in [-0.15, -0.1) is 5.10 Å². The number of phenols is 1. The second-order valence-corrected chi connectivity index (χ2v) is 5.90. The monoisotopic (exact) mass is 357 g/mol. The highest BCUT2D eigenvalue weighted by atomic mass is 16.5. The predicted molar refractivity (Wildman–Crippen MR) is 95.9 cm³/mol. The normalized spacial score (nSPS) is 12.3. The number of nitrogens with zero attached hydrogens (tertiary/aromatic N) is 6. The second-order valence-electron chi connectivity index (χ2n) is 5.90. The van der Waals surface area contributed by atoms with Crippen molar-refractivity contribution in [2.24, 2.45) is 0 Å². The number of aromatic nitrogens is 6. The van der Waals surface area contributed by atoms with Crippen LogP contribution in [0.1, 0.15) is 30.0 Å². The van der Waals surface area contributed by atoms with Crippen LogP contribution in [0, 0.1) is 6.92 Å². The van der Waals surface area contributed by atoms with E-state index < -0.39 is 0 Å². The Hall–Kier alpha value is -2.94. The number of benzene rings is 1. The van der Waals surface area contributed by atoms with Crippen LogP contribution in [0.25, 0.3) is 0 Å². The van der Waals surface area contributed by atoms with Crippen LogP contribution in [0.3, 0.4) is 0 Å². The highest BCUT2D eigenvalue weighted by molar-refractivity contribution is 5.52. The van der Waals surface area contributed by atoms with Gasteiger partial charge in [0.15, 0.2) is 5.82 Å². The van der Waals surface area contributed by atoms with Gasteiger partial charge in [0, 0.05) is 25.5 Å². The maximum absolute atomic E-state index is 9.78. The number of aryl methyl sites for hydroxylation is 2. The fourth-order valence-corrected chi connectivity index (χ4v) is 2.79. The van der Waals surface area contributed by atoms with E-state index in [0.29, 0.717) is 19.0 Å². The molecule has 26 heavy (non-hydrogen) atoms. The van der Waals surface area contributed by atoms with E-state index in [-0.39, 0.29) is 11.8 Å². The van der Waals surface area contributed by atoms with Crippen molar-refractivity contribution in [3.8, 4) is 5.75 Å². The summed E-state index contributed by atoms with van der Waals surface area (Å²) in [4.78, 5) is 0. The number of hydrogen-bond donors (Lipinski definition) is 2. The number of hydrogen-bond acceptors (Lipinski definition) is 7. The maximum atomic E-state index is 9.78. The third-order valence-electron chi connectivity index (χ3n) is 4.18. The van der Waals surface area contributed by atoms with E-state index in [2.05, 4.69) is 25.9 Å². The van der Waals surface area contributed by atoms with Crippen molar-refractivity contribution in [3.63, 3.8) is 0 Å². The van der Waals surface area contributed by atoms with E-state index in [0.717, 1.165) is 23.5 Å². The number of nitrogens with one attached hydrogen (secondary N) is 1. The van der Waals surface area contributed by atoms with E-state index >= 15 is 0 Å². The van der Waals surface area contributed by atoms with Crippen molar-refractivity contribution in [2.45, 2.75) is 33.0 Å². The molecule has 138 valence electrons. The molecule has 1 aromatic carbocycles. The Morgan fingerprint density at radius 1 is 1.27 bits per heavy atom. The number of aromatic hydroxyl groups is 1. The molecule has 0 radical (unpaired) electrons. The van der Waals surface area contributed by atoms with Gasteiger partial charge in [0.1, 0.15) is 11.8 Å². The number of methoxy groups -OCH3 is 1. The number of ether oxygens (including phenoxy) is 1. The molecule has 3 rings (SSSR count). The molecule has 0 bridgehead atoms. The molecular formula is C17H23N7O2. The lowest BCUT2D eigenvalue weighted by atomic mass is 10.1. The molecular weight excluding hydrogens is 334 g/mol. The molecule has 2 N–H and O–H groups in total. The summed E-state index contributed by atoms with van der Waals surface area (Å²) in [7, 11) is 1.64. The fourth-order valence-electron chi connectivity index (χ4n) is 2.79. The van der Waals surface area contributed by atoms with Crippen LogP contribution in [0.15, 0.2) is 30.5 Å². The minimum absolute atomic E-state index is 0.260. The standard InChI is InChI=1S/C17H23N7O2/c1-4-23-14(7-8-18-23)16(17-20-21-22-24(17)9-10-26-3)19-13-5-6-15(25)12(2)11-13/h5-8,11,16,19,25H,4,9-10H2,1-3H3. The topological polar surface area (TPSA) is 103 Å². The van der Waals surface area contributed by atoms with Crippen LogP contribution in [0.5, 0.6) is 5.75 Å². The summed E-state index contributed by atoms with van der Waals surface area (Å²) >= 11 is 0. The van der Waals surface area contributed by atoms with Crippen LogP contribution >= 0.6 is 0 Å². The largest absolute Gasteiger partial charge is 0.508 e. The average Bonchev–Trinajstić information content (AvgIpc) is 3.29. The van der Waals surface area contributed by atoms with E-state index in [9.17, 15) is 5.11 Å². The molecule has 0 amide bonds. The molecule has 3 aromatic rings. The first-order valence-electron chi connectivity index (χ1n) is 8.47. The quantitative estimate of drug-likeness (QED) is 0.592. The number of tetrazole rings is 1. The van der Waals surface area contributed by atoms with Gasteiger partial charge in [0.25, 0.3) is 0 Å². The Bertz CT molecular complexity index is 858. The van der Waals surface area contributed by atoms with Crippen LogP contribution in [-0.2, 0) is 17.8 Å². The lowest BCUT2D eigenvalue weighted by Crippen LogP contribution is -2.22. The molecule has 9 nitrogen and oxygen atoms in total. The molecule has 0 spiro atoms. The maximum Gasteiger partial charge on any atom is 0.179 e. The van der Waals surface area contributed by atoms with Crippen molar-refractivity contribution in [3.05, 3.63) is 47.5 Å². The Balaban J connectivity index is 1.99. The second kappa shape index (κ2) is 7.96. The number of phenolic OH excluding ortho intramolecular Hbond substituents is 1. The minimum Gasteiger partial charge on any atom is -0.508 e. The molecule has 2 aromatic heterocycles. The number of rotatable bonds is 8. The lowest BCUT2D eigenvalue weighted by Gasteiger charge is -2.20. The summed E-state index contributed by atoms with van der Waals surface area (Å²) in [5.74, 6) is 0.929. The fraction of sp³-hybridized carbons (Fsp3) is 0.412. The summed E-state index contributed by atoms with van der Waals surface area (Å²) in [6.45, 7) is 5.68. The molecule has 9 heteroatoms. The molecule has 2 heterocycles. The van der Waals surface area contributed by atoms with Crippen LogP contribution in [0.4, 0.5) is 5.69 Å². The molecule has 0 aliphatic rings. The predicted octanol–water partition coefficient (Wildman–Crippen LogP) is 1.75. The zero-order valence-electron chi connectivity index (χ0n) is 15.1. The summed E-state index contributed by atoms with van der Waals surface area (Å²) < 4.78 is 8.78. The van der Waals surface area contributed by atoms with Gasteiger partial charge in [-0.05, 0) is 54.1 Å². The molecule has 0 aliphatic heterocycles. The Morgan fingerprint density at radius 3 is 2.85 bits per heavy atom. The van der Waals surface area contributed by atoms with Crippen molar-refractivity contribution < 1.29 is 9.84 Å². The van der Waals surface area contributed by atoms with Crippen LogP contribution in [-0.4, -0.2) is 48.8 Å². The Kier molecular flexibility index (Phi) is 5.47. The Labute approximate surface area is 151 Å². The first-order chi connectivity index (χ1) is 12.6. The van der Waals surface area contributed by atoms with Gasteiger partial charge in [-0.1, -0.05) is 0 Å². The van der Waals surface area contributed by atoms with E-state index in [1.807, 2.05) is 36.7 Å². The molecule has 1 atom stereocenters. The van der Waals surface area contributed by atoms with Crippen LogP contribution < -0.4 is 5.32 Å². The summed E-state index contributed by atoms with van der Waals surface area (Å²) in [5, 5.41) is 29.8. The van der Waals surface area contributed by atoms with Gasteiger partial charge in [-0.25, -0.2) is 4.68 Å². The van der Waals surface area contributed by atoms with Gasteiger partial charge in [0.05, 0.1) is 18.8 Å². The zero-order chi connectivity index (χ0) is 18.5. The zero-order valence-corrected chi connectivity index (χ0v) is 15.1. The third-order valence-corrected chi connectivity index (χ3v) is 4.18. The van der Waals surface area contributed by atoms with Crippen LogP contribution in [0.2, 0.25) is 0 Å². The molecule has 0 saturated carbocycles. The highest BCUT2D eigenvalue weighted by Gasteiger charge is 2.24.